The number of benzene rings is 1. The highest BCUT2D eigenvalue weighted by molar-refractivity contribution is 6.39. The van der Waals surface area contributed by atoms with Crippen LogP contribution in [0.15, 0.2) is 12.1 Å². The fourth-order valence-electron chi connectivity index (χ4n) is 0.971. The van der Waals surface area contributed by atoms with Crippen molar-refractivity contribution in [1.29, 1.82) is 0 Å². The molecule has 0 fully saturated rings. The molecule has 0 radical (unpaired) electrons. The fourth-order valence-corrected chi connectivity index (χ4v) is 1.54. The Balaban J connectivity index is 2.95. The second-order valence-electron chi connectivity index (χ2n) is 3.01. The SMILES string of the molecule is CC(Nc1c(Cl)cc(F)cc1Cl)C(F)F. The molecule has 1 N–H and O–H groups in total. The Hall–Kier alpha value is -0.610. The predicted octanol–water partition coefficient (Wildman–Crippen LogP) is 4.20. The number of alkyl halides is 2. The Labute approximate surface area is 95.2 Å². The fraction of sp³-hybridized carbons (Fsp3) is 0.333. The lowest BCUT2D eigenvalue weighted by Gasteiger charge is -2.16. The molecule has 0 spiro atoms. The first-order valence-electron chi connectivity index (χ1n) is 4.11. The van der Waals surface area contributed by atoms with Gasteiger partial charge in [0.2, 0.25) is 0 Å². The summed E-state index contributed by atoms with van der Waals surface area (Å²) < 4.78 is 37.2. The molecule has 84 valence electrons. The first-order valence-corrected chi connectivity index (χ1v) is 4.86. The summed E-state index contributed by atoms with van der Waals surface area (Å²) >= 11 is 11.3. The summed E-state index contributed by atoms with van der Waals surface area (Å²) in [7, 11) is 0. The van der Waals surface area contributed by atoms with E-state index in [1.807, 2.05) is 0 Å². The molecule has 0 aromatic heterocycles. The van der Waals surface area contributed by atoms with Crippen LogP contribution >= 0.6 is 23.2 Å². The van der Waals surface area contributed by atoms with Gasteiger partial charge in [0.25, 0.3) is 6.43 Å². The normalized spacial score (nSPS) is 13.0. The number of hydrogen-bond acceptors (Lipinski definition) is 1. The molecule has 1 rings (SSSR count). The molecule has 0 heterocycles. The second kappa shape index (κ2) is 4.94. The van der Waals surface area contributed by atoms with Crippen LogP contribution in [0.25, 0.3) is 0 Å². The second-order valence-corrected chi connectivity index (χ2v) is 3.83. The maximum atomic E-state index is 12.8. The molecule has 0 bridgehead atoms. The van der Waals surface area contributed by atoms with Gasteiger partial charge in [0, 0.05) is 0 Å². The van der Waals surface area contributed by atoms with Gasteiger partial charge in [-0.3, -0.25) is 0 Å². The van der Waals surface area contributed by atoms with Crippen LogP contribution in [0, 0.1) is 5.82 Å². The molecule has 15 heavy (non-hydrogen) atoms. The molecule has 1 nitrogen and oxygen atoms in total. The molecule has 6 heteroatoms. The number of nitrogens with one attached hydrogen (secondary N) is 1. The van der Waals surface area contributed by atoms with E-state index in [1.165, 1.54) is 6.92 Å². The van der Waals surface area contributed by atoms with E-state index in [0.717, 1.165) is 12.1 Å². The van der Waals surface area contributed by atoms with Gasteiger partial charge in [-0.2, -0.15) is 0 Å². The first-order chi connectivity index (χ1) is 6.91. The van der Waals surface area contributed by atoms with Crippen molar-refractivity contribution >= 4 is 28.9 Å². The standard InChI is InChI=1S/C9H8Cl2F3N/c1-4(9(13)14)15-8-6(10)2-5(12)3-7(8)11/h2-4,9,15H,1H3. The first kappa shape index (κ1) is 12.5. The molecular formula is C9H8Cl2F3N. The Kier molecular flexibility index (Phi) is 4.11. The highest BCUT2D eigenvalue weighted by atomic mass is 35.5. The summed E-state index contributed by atoms with van der Waals surface area (Å²) in [5.41, 5.74) is 0.118. The van der Waals surface area contributed by atoms with E-state index in [1.54, 1.807) is 0 Å². The topological polar surface area (TPSA) is 12.0 Å². The van der Waals surface area contributed by atoms with Crippen molar-refractivity contribution in [2.75, 3.05) is 5.32 Å². The van der Waals surface area contributed by atoms with Crippen molar-refractivity contribution in [1.82, 2.24) is 0 Å². The van der Waals surface area contributed by atoms with Gasteiger partial charge in [0.1, 0.15) is 5.82 Å². The van der Waals surface area contributed by atoms with Crippen molar-refractivity contribution in [2.45, 2.75) is 19.4 Å². The van der Waals surface area contributed by atoms with E-state index in [-0.39, 0.29) is 15.7 Å². The van der Waals surface area contributed by atoms with Crippen LogP contribution in [0.4, 0.5) is 18.9 Å². The lowest BCUT2D eigenvalue weighted by Crippen LogP contribution is -2.24. The predicted molar refractivity (Wildman–Crippen MR) is 55.5 cm³/mol. The van der Waals surface area contributed by atoms with Gasteiger partial charge >= 0.3 is 0 Å². The molecular weight excluding hydrogens is 250 g/mol. The molecule has 0 aliphatic heterocycles. The van der Waals surface area contributed by atoms with Gasteiger partial charge in [-0.1, -0.05) is 23.2 Å². The van der Waals surface area contributed by atoms with Gasteiger partial charge in [-0.25, -0.2) is 13.2 Å². The summed E-state index contributed by atoms with van der Waals surface area (Å²) in [6.45, 7) is 1.28. The third-order valence-corrected chi connectivity index (χ3v) is 2.35. The van der Waals surface area contributed by atoms with Crippen LogP contribution in [-0.2, 0) is 0 Å². The average molecular weight is 258 g/mol. The largest absolute Gasteiger partial charge is 0.374 e. The quantitative estimate of drug-likeness (QED) is 0.856. The molecule has 0 aliphatic carbocycles. The van der Waals surface area contributed by atoms with Crippen molar-refractivity contribution < 1.29 is 13.2 Å². The summed E-state index contributed by atoms with van der Waals surface area (Å²) in [5, 5.41) is 2.38. The highest BCUT2D eigenvalue weighted by Crippen LogP contribution is 2.32. The van der Waals surface area contributed by atoms with Crippen molar-refractivity contribution in [2.24, 2.45) is 0 Å². The van der Waals surface area contributed by atoms with Crippen LogP contribution in [-0.4, -0.2) is 12.5 Å². The Morgan fingerprint density at radius 3 is 2.07 bits per heavy atom. The Morgan fingerprint density at radius 1 is 1.20 bits per heavy atom. The molecule has 1 aromatic carbocycles. The van der Waals surface area contributed by atoms with Crippen LogP contribution in [0.2, 0.25) is 10.0 Å². The zero-order valence-electron chi connectivity index (χ0n) is 7.70. The molecule has 0 aliphatic rings. The lowest BCUT2D eigenvalue weighted by atomic mass is 10.2. The average Bonchev–Trinajstić information content (AvgIpc) is 2.10. The van der Waals surface area contributed by atoms with Crippen LogP contribution in [0.5, 0.6) is 0 Å². The van der Waals surface area contributed by atoms with Gasteiger partial charge < -0.3 is 5.32 Å². The third-order valence-electron chi connectivity index (χ3n) is 1.76. The Bertz CT molecular complexity index is 334. The van der Waals surface area contributed by atoms with Crippen molar-refractivity contribution in [3.05, 3.63) is 28.0 Å². The minimum absolute atomic E-state index is 0.0208. The van der Waals surface area contributed by atoms with Gasteiger partial charge in [0.15, 0.2) is 0 Å². The summed E-state index contributed by atoms with van der Waals surface area (Å²) in [6, 6.07) is 0.910. The number of hydrogen-bond donors (Lipinski definition) is 1. The third kappa shape index (κ3) is 3.18. The van der Waals surface area contributed by atoms with E-state index in [0.29, 0.717) is 0 Å². The zero-order chi connectivity index (χ0) is 11.6. The van der Waals surface area contributed by atoms with E-state index in [9.17, 15) is 13.2 Å². The van der Waals surface area contributed by atoms with Gasteiger partial charge in [-0.15, -0.1) is 0 Å². The minimum Gasteiger partial charge on any atom is -0.374 e. The summed E-state index contributed by atoms with van der Waals surface area (Å²) in [4.78, 5) is 0. The molecule has 1 atom stereocenters. The number of rotatable bonds is 3. The van der Waals surface area contributed by atoms with Gasteiger partial charge in [0.05, 0.1) is 21.8 Å². The van der Waals surface area contributed by atoms with Crippen molar-refractivity contribution in [3.63, 3.8) is 0 Å². The molecule has 0 amide bonds. The van der Waals surface area contributed by atoms with Crippen LogP contribution < -0.4 is 5.32 Å². The highest BCUT2D eigenvalue weighted by Gasteiger charge is 2.17. The van der Waals surface area contributed by atoms with E-state index in [2.05, 4.69) is 5.32 Å². The smallest absolute Gasteiger partial charge is 0.258 e. The lowest BCUT2D eigenvalue weighted by molar-refractivity contribution is 0.131. The van der Waals surface area contributed by atoms with Crippen molar-refractivity contribution in [3.8, 4) is 0 Å². The monoisotopic (exact) mass is 257 g/mol. The Morgan fingerprint density at radius 2 is 1.67 bits per heavy atom. The minimum atomic E-state index is -2.55. The number of anilines is 1. The number of halogens is 5. The molecule has 1 unspecified atom stereocenters. The summed E-state index contributed by atoms with van der Waals surface area (Å²) in [5.74, 6) is -0.611. The molecule has 0 saturated carbocycles. The van der Waals surface area contributed by atoms with Crippen LogP contribution in [0.1, 0.15) is 6.92 Å². The van der Waals surface area contributed by atoms with Gasteiger partial charge in [-0.05, 0) is 19.1 Å². The van der Waals surface area contributed by atoms with E-state index < -0.39 is 18.3 Å². The van der Waals surface area contributed by atoms with E-state index in [4.69, 9.17) is 23.2 Å². The van der Waals surface area contributed by atoms with Crippen LogP contribution in [0.3, 0.4) is 0 Å². The summed E-state index contributed by atoms with van der Waals surface area (Å²) in [6.07, 6.45) is -2.55. The van der Waals surface area contributed by atoms with E-state index >= 15 is 0 Å². The maximum absolute atomic E-state index is 12.8. The zero-order valence-corrected chi connectivity index (χ0v) is 9.21. The molecule has 1 aromatic rings. The maximum Gasteiger partial charge on any atom is 0.258 e. The molecule has 0 saturated heterocycles.